The molecule has 0 saturated heterocycles. The molecule has 0 bridgehead atoms. The molecule has 6 heteroatoms. The Morgan fingerprint density at radius 3 is 2.47 bits per heavy atom. The minimum Gasteiger partial charge on any atom is -0.338 e. The second-order valence-electron chi connectivity index (χ2n) is 2.80. The SMILES string of the molecule is O=S(=O)(Nc1ccno1)c1ccccc1. The second-order valence-corrected chi connectivity index (χ2v) is 4.48. The van der Waals surface area contributed by atoms with Crippen molar-refractivity contribution in [1.82, 2.24) is 5.16 Å². The van der Waals surface area contributed by atoms with Gasteiger partial charge < -0.3 is 4.52 Å². The van der Waals surface area contributed by atoms with Gasteiger partial charge in [-0.25, -0.2) is 13.1 Å². The van der Waals surface area contributed by atoms with Crippen LogP contribution in [0.15, 0.2) is 52.0 Å². The lowest BCUT2D eigenvalue weighted by molar-refractivity contribution is 0.435. The normalized spacial score (nSPS) is 11.2. The lowest BCUT2D eigenvalue weighted by atomic mass is 10.4. The van der Waals surface area contributed by atoms with Crippen LogP contribution in [0.2, 0.25) is 0 Å². The molecular weight excluding hydrogens is 216 g/mol. The molecule has 0 unspecified atom stereocenters. The van der Waals surface area contributed by atoms with Gasteiger partial charge in [-0.1, -0.05) is 23.4 Å². The maximum atomic E-state index is 11.7. The lowest BCUT2D eigenvalue weighted by Crippen LogP contribution is -2.12. The molecule has 0 amide bonds. The molecule has 0 atom stereocenters. The predicted molar refractivity (Wildman–Crippen MR) is 53.8 cm³/mol. The Bertz CT molecular complexity index is 520. The van der Waals surface area contributed by atoms with Crippen LogP contribution in [-0.2, 0) is 10.0 Å². The largest absolute Gasteiger partial charge is 0.338 e. The van der Waals surface area contributed by atoms with Gasteiger partial charge in [0.1, 0.15) is 0 Å². The molecule has 2 aromatic rings. The minimum absolute atomic E-state index is 0.0962. The highest BCUT2D eigenvalue weighted by Gasteiger charge is 2.14. The number of rotatable bonds is 3. The Morgan fingerprint density at radius 2 is 1.87 bits per heavy atom. The maximum Gasteiger partial charge on any atom is 0.264 e. The molecule has 0 aliphatic rings. The van der Waals surface area contributed by atoms with E-state index < -0.39 is 10.0 Å². The fourth-order valence-corrected chi connectivity index (χ4v) is 2.06. The quantitative estimate of drug-likeness (QED) is 0.857. The first-order valence-electron chi connectivity index (χ1n) is 4.17. The van der Waals surface area contributed by atoms with Crippen LogP contribution in [0.3, 0.4) is 0 Å². The molecule has 1 N–H and O–H groups in total. The van der Waals surface area contributed by atoms with Gasteiger partial charge in [0.25, 0.3) is 10.0 Å². The van der Waals surface area contributed by atoms with Gasteiger partial charge in [0, 0.05) is 6.07 Å². The second kappa shape index (κ2) is 3.74. The molecule has 0 saturated carbocycles. The Balaban J connectivity index is 2.29. The third-order valence-corrected chi connectivity index (χ3v) is 3.09. The Morgan fingerprint density at radius 1 is 1.13 bits per heavy atom. The summed E-state index contributed by atoms with van der Waals surface area (Å²) in [7, 11) is -3.57. The van der Waals surface area contributed by atoms with Gasteiger partial charge in [-0.05, 0) is 12.1 Å². The average molecular weight is 224 g/mol. The number of nitrogens with zero attached hydrogens (tertiary/aromatic N) is 1. The lowest BCUT2D eigenvalue weighted by Gasteiger charge is -2.03. The van der Waals surface area contributed by atoms with Crippen LogP contribution in [0.5, 0.6) is 0 Å². The van der Waals surface area contributed by atoms with Gasteiger partial charge in [-0.15, -0.1) is 0 Å². The van der Waals surface area contributed by atoms with Gasteiger partial charge in [-0.2, -0.15) is 0 Å². The van der Waals surface area contributed by atoms with Crippen molar-refractivity contribution in [3.63, 3.8) is 0 Å². The summed E-state index contributed by atoms with van der Waals surface area (Å²) in [5.41, 5.74) is 0. The van der Waals surface area contributed by atoms with E-state index in [-0.39, 0.29) is 10.8 Å². The van der Waals surface area contributed by atoms with Crippen molar-refractivity contribution in [1.29, 1.82) is 0 Å². The van der Waals surface area contributed by atoms with Crippen LogP contribution in [-0.4, -0.2) is 13.6 Å². The number of benzene rings is 1. The van der Waals surface area contributed by atoms with E-state index in [1.54, 1.807) is 18.2 Å². The minimum atomic E-state index is -3.57. The third-order valence-electron chi connectivity index (χ3n) is 1.73. The summed E-state index contributed by atoms with van der Waals surface area (Å²) in [4.78, 5) is 0.182. The summed E-state index contributed by atoms with van der Waals surface area (Å²) in [5, 5.41) is 3.40. The smallest absolute Gasteiger partial charge is 0.264 e. The van der Waals surface area contributed by atoms with Crippen molar-refractivity contribution >= 4 is 15.9 Å². The van der Waals surface area contributed by atoms with E-state index in [9.17, 15) is 8.42 Å². The molecule has 78 valence electrons. The van der Waals surface area contributed by atoms with Crippen LogP contribution in [0.25, 0.3) is 0 Å². The van der Waals surface area contributed by atoms with Gasteiger partial charge in [-0.3, -0.25) is 0 Å². The van der Waals surface area contributed by atoms with Gasteiger partial charge in [0.15, 0.2) is 0 Å². The molecule has 1 heterocycles. The van der Waals surface area contributed by atoms with E-state index in [4.69, 9.17) is 0 Å². The summed E-state index contributed by atoms with van der Waals surface area (Å²) in [5.74, 6) is 0.0962. The standard InChI is InChI=1S/C9H8N2O3S/c12-15(13,8-4-2-1-3-5-8)11-9-6-7-10-14-9/h1-7,11H. The highest BCUT2D eigenvalue weighted by Crippen LogP contribution is 2.14. The van der Waals surface area contributed by atoms with Crippen molar-refractivity contribution in [2.24, 2.45) is 0 Å². The first-order valence-corrected chi connectivity index (χ1v) is 5.65. The molecule has 0 spiro atoms. The third kappa shape index (κ3) is 2.16. The molecule has 0 fully saturated rings. The highest BCUT2D eigenvalue weighted by molar-refractivity contribution is 7.92. The van der Waals surface area contributed by atoms with Gasteiger partial charge in [0.2, 0.25) is 5.88 Å². The van der Waals surface area contributed by atoms with E-state index in [0.717, 1.165) is 0 Å². The fourth-order valence-electron chi connectivity index (χ4n) is 1.06. The summed E-state index contributed by atoms with van der Waals surface area (Å²) in [6.45, 7) is 0. The van der Waals surface area contributed by atoms with Gasteiger partial charge >= 0.3 is 0 Å². The monoisotopic (exact) mass is 224 g/mol. The molecule has 1 aromatic carbocycles. The molecule has 2 rings (SSSR count). The number of sulfonamides is 1. The molecule has 5 nitrogen and oxygen atoms in total. The summed E-state index contributed by atoms with van der Waals surface area (Å²) < 4.78 is 30.3. The zero-order valence-electron chi connectivity index (χ0n) is 7.62. The van der Waals surface area contributed by atoms with Crippen LogP contribution in [0, 0.1) is 0 Å². The fraction of sp³-hybridized carbons (Fsp3) is 0. The summed E-state index contributed by atoms with van der Waals surface area (Å²) in [6.07, 6.45) is 1.36. The van der Waals surface area contributed by atoms with Crippen LogP contribution < -0.4 is 4.72 Å². The molecule has 15 heavy (non-hydrogen) atoms. The van der Waals surface area contributed by atoms with E-state index in [1.165, 1.54) is 24.4 Å². The van der Waals surface area contributed by atoms with Gasteiger partial charge in [0.05, 0.1) is 11.1 Å². The average Bonchev–Trinajstić information content (AvgIpc) is 2.71. The van der Waals surface area contributed by atoms with E-state index in [1.807, 2.05) is 0 Å². The Kier molecular flexibility index (Phi) is 2.42. The van der Waals surface area contributed by atoms with Crippen molar-refractivity contribution in [2.75, 3.05) is 4.72 Å². The van der Waals surface area contributed by atoms with E-state index in [0.29, 0.717) is 0 Å². The van der Waals surface area contributed by atoms with Crippen LogP contribution >= 0.6 is 0 Å². The molecule has 0 radical (unpaired) electrons. The van der Waals surface area contributed by atoms with E-state index >= 15 is 0 Å². The van der Waals surface area contributed by atoms with Crippen LogP contribution in [0.1, 0.15) is 0 Å². The summed E-state index contributed by atoms with van der Waals surface area (Å²) >= 11 is 0. The predicted octanol–water partition coefficient (Wildman–Crippen LogP) is 1.48. The molecular formula is C9H8N2O3S. The molecule has 1 aromatic heterocycles. The van der Waals surface area contributed by atoms with Crippen molar-refractivity contribution in [2.45, 2.75) is 4.90 Å². The molecule has 0 aliphatic carbocycles. The number of nitrogens with one attached hydrogen (secondary N) is 1. The van der Waals surface area contributed by atoms with Crippen molar-refractivity contribution in [3.05, 3.63) is 42.6 Å². The number of aromatic nitrogens is 1. The topological polar surface area (TPSA) is 72.2 Å². The van der Waals surface area contributed by atoms with Crippen LogP contribution in [0.4, 0.5) is 5.88 Å². The zero-order valence-corrected chi connectivity index (χ0v) is 8.44. The number of anilines is 1. The summed E-state index contributed by atoms with van der Waals surface area (Å²) in [6, 6.07) is 9.47. The van der Waals surface area contributed by atoms with Crippen molar-refractivity contribution < 1.29 is 12.9 Å². The number of hydrogen-bond acceptors (Lipinski definition) is 4. The molecule has 0 aliphatic heterocycles. The Hall–Kier alpha value is -1.82. The van der Waals surface area contributed by atoms with E-state index in [2.05, 4.69) is 14.4 Å². The zero-order chi connectivity index (χ0) is 10.7. The number of hydrogen-bond donors (Lipinski definition) is 1. The first kappa shape index (κ1) is 9.72. The maximum absolute atomic E-state index is 11.7. The highest BCUT2D eigenvalue weighted by atomic mass is 32.2. The Labute approximate surface area is 86.8 Å². The first-order chi connectivity index (χ1) is 7.18. The van der Waals surface area contributed by atoms with Crippen molar-refractivity contribution in [3.8, 4) is 0 Å².